The lowest BCUT2D eigenvalue weighted by Crippen LogP contribution is -1.96. The van der Waals surface area contributed by atoms with E-state index in [1.807, 2.05) is 0 Å². The van der Waals surface area contributed by atoms with E-state index in [-0.39, 0.29) is 0 Å². The number of hydrogen-bond donors (Lipinski definition) is 0. The average Bonchev–Trinajstić information content (AvgIpc) is 1.89. The van der Waals surface area contributed by atoms with Crippen molar-refractivity contribution in [1.82, 2.24) is 0 Å². The Bertz CT molecular complexity index is 78.8. The van der Waals surface area contributed by atoms with Gasteiger partial charge in [-0.3, -0.25) is 0 Å². The van der Waals surface area contributed by atoms with E-state index >= 15 is 0 Å². The van der Waals surface area contributed by atoms with E-state index in [2.05, 4.69) is 6.92 Å². The maximum atomic E-state index is 12.6. The van der Waals surface area contributed by atoms with Gasteiger partial charge in [0.1, 0.15) is 6.17 Å². The van der Waals surface area contributed by atoms with Crippen molar-refractivity contribution >= 4 is 0 Å². The Morgan fingerprint density at radius 2 is 2.20 bits per heavy atom. The number of allylic oxidation sites excluding steroid dienone is 1. The molecule has 0 saturated heterocycles. The summed E-state index contributed by atoms with van der Waals surface area (Å²) in [7, 11) is 0. The predicted molar refractivity (Wildman–Crippen MR) is 42.5 cm³/mol. The lowest BCUT2D eigenvalue weighted by Gasteiger charge is -2.02. The molecule has 10 heavy (non-hydrogen) atoms. The average molecular weight is 143 g/mol. The first-order valence-electron chi connectivity index (χ1n) is 3.98. The maximum Gasteiger partial charge on any atom is 0.104 e. The Morgan fingerprint density at radius 1 is 1.50 bits per heavy atom. The first-order chi connectivity index (χ1) is 4.81. The molecule has 1 heteroatoms. The minimum atomic E-state index is -0.712. The van der Waals surface area contributed by atoms with E-state index in [9.17, 15) is 4.39 Å². The van der Waals surface area contributed by atoms with Gasteiger partial charge in [-0.25, -0.2) is 4.39 Å². The molecule has 0 fully saturated rings. The molecule has 0 heterocycles. The molecule has 1 radical (unpaired) electrons. The fraction of sp³-hybridized carbons (Fsp3) is 0.778. The summed E-state index contributed by atoms with van der Waals surface area (Å²) in [6.07, 6.45) is 5.04. The summed E-state index contributed by atoms with van der Waals surface area (Å²) in [5.41, 5.74) is 0. The minimum absolute atomic E-state index is 0.406. The van der Waals surface area contributed by atoms with Gasteiger partial charge in [-0.05, 0) is 12.8 Å². The number of alkyl halides is 1. The number of rotatable bonds is 6. The standard InChI is InChI=1S/C9H16F/c1-3-5-6-8-9(10)7-4-2/h2,4,9H,3,5-8H2,1H3. The maximum absolute atomic E-state index is 12.6. The van der Waals surface area contributed by atoms with Crippen LogP contribution in [0.3, 0.4) is 0 Å². The van der Waals surface area contributed by atoms with Gasteiger partial charge in [-0.2, -0.15) is 0 Å². The molecule has 0 aliphatic rings. The van der Waals surface area contributed by atoms with Crippen molar-refractivity contribution in [2.75, 3.05) is 0 Å². The Hall–Kier alpha value is -0.330. The van der Waals surface area contributed by atoms with Gasteiger partial charge in [0.15, 0.2) is 0 Å². The highest BCUT2D eigenvalue weighted by atomic mass is 19.1. The zero-order chi connectivity index (χ0) is 7.82. The van der Waals surface area contributed by atoms with Crippen LogP contribution in [-0.4, -0.2) is 6.17 Å². The van der Waals surface area contributed by atoms with E-state index in [1.165, 1.54) is 6.08 Å². The van der Waals surface area contributed by atoms with Gasteiger partial charge in [-0.15, -0.1) is 0 Å². The summed E-state index contributed by atoms with van der Waals surface area (Å²) in [4.78, 5) is 0. The molecule has 0 rings (SSSR count). The second-order valence-electron chi connectivity index (χ2n) is 2.56. The largest absolute Gasteiger partial charge is 0.247 e. The van der Waals surface area contributed by atoms with Crippen LogP contribution in [0.1, 0.15) is 39.0 Å². The predicted octanol–water partition coefficient (Wildman–Crippen LogP) is 3.28. The van der Waals surface area contributed by atoms with E-state index < -0.39 is 6.17 Å². The van der Waals surface area contributed by atoms with E-state index in [0.717, 1.165) is 19.3 Å². The second kappa shape index (κ2) is 6.79. The molecule has 0 saturated carbocycles. The first kappa shape index (κ1) is 9.67. The van der Waals surface area contributed by atoms with Crippen LogP contribution in [0.4, 0.5) is 4.39 Å². The van der Waals surface area contributed by atoms with Crippen molar-refractivity contribution in [1.29, 1.82) is 0 Å². The van der Waals surface area contributed by atoms with Crippen LogP contribution in [0.25, 0.3) is 0 Å². The van der Waals surface area contributed by atoms with Crippen molar-refractivity contribution in [3.63, 3.8) is 0 Å². The molecule has 0 aromatic rings. The van der Waals surface area contributed by atoms with Crippen molar-refractivity contribution in [2.24, 2.45) is 0 Å². The van der Waals surface area contributed by atoms with Crippen LogP contribution < -0.4 is 0 Å². The monoisotopic (exact) mass is 143 g/mol. The Kier molecular flexibility index (Phi) is 6.56. The number of unbranched alkanes of at least 4 members (excludes halogenated alkanes) is 2. The van der Waals surface area contributed by atoms with Crippen molar-refractivity contribution in [2.45, 2.75) is 45.2 Å². The molecule has 1 atom stereocenters. The smallest absolute Gasteiger partial charge is 0.104 e. The van der Waals surface area contributed by atoms with Gasteiger partial charge in [0.25, 0.3) is 0 Å². The molecule has 0 N–H and O–H groups in total. The highest BCUT2D eigenvalue weighted by Crippen LogP contribution is 2.09. The van der Waals surface area contributed by atoms with Crippen molar-refractivity contribution in [3.8, 4) is 0 Å². The van der Waals surface area contributed by atoms with Gasteiger partial charge in [0.2, 0.25) is 0 Å². The van der Waals surface area contributed by atoms with Gasteiger partial charge < -0.3 is 0 Å². The molecule has 0 aromatic carbocycles. The van der Waals surface area contributed by atoms with Crippen molar-refractivity contribution < 1.29 is 4.39 Å². The fourth-order valence-electron chi connectivity index (χ4n) is 0.881. The lowest BCUT2D eigenvalue weighted by atomic mass is 10.1. The summed E-state index contributed by atoms with van der Waals surface area (Å²) >= 11 is 0. The van der Waals surface area contributed by atoms with E-state index in [1.54, 1.807) is 0 Å². The van der Waals surface area contributed by atoms with Crippen LogP contribution >= 0.6 is 0 Å². The Labute approximate surface area is 63.1 Å². The molecule has 0 aliphatic carbocycles. The van der Waals surface area contributed by atoms with Crippen LogP contribution in [0.2, 0.25) is 0 Å². The fourth-order valence-corrected chi connectivity index (χ4v) is 0.881. The zero-order valence-corrected chi connectivity index (χ0v) is 6.65. The molecule has 0 aromatic heterocycles. The normalized spacial score (nSPS) is 13.0. The second-order valence-corrected chi connectivity index (χ2v) is 2.56. The van der Waals surface area contributed by atoms with Gasteiger partial charge in [-0.1, -0.05) is 38.8 Å². The highest BCUT2D eigenvalue weighted by molar-refractivity contribution is 4.69. The Morgan fingerprint density at radius 3 is 2.70 bits per heavy atom. The first-order valence-corrected chi connectivity index (χ1v) is 3.98. The van der Waals surface area contributed by atoms with E-state index in [4.69, 9.17) is 6.58 Å². The van der Waals surface area contributed by atoms with Gasteiger partial charge >= 0.3 is 0 Å². The summed E-state index contributed by atoms with van der Waals surface area (Å²) in [5.74, 6) is 0. The van der Waals surface area contributed by atoms with E-state index in [0.29, 0.717) is 12.8 Å². The summed E-state index contributed by atoms with van der Waals surface area (Å²) in [6, 6.07) is 0. The quantitative estimate of drug-likeness (QED) is 0.500. The zero-order valence-electron chi connectivity index (χ0n) is 6.65. The molecule has 0 amide bonds. The van der Waals surface area contributed by atoms with Crippen LogP contribution in [0.5, 0.6) is 0 Å². The van der Waals surface area contributed by atoms with Gasteiger partial charge in [0.05, 0.1) is 0 Å². The topological polar surface area (TPSA) is 0 Å². The summed E-state index contributed by atoms with van der Waals surface area (Å²) < 4.78 is 12.6. The molecule has 0 aliphatic heterocycles. The summed E-state index contributed by atoms with van der Waals surface area (Å²) in [5, 5.41) is 0. The summed E-state index contributed by atoms with van der Waals surface area (Å²) in [6.45, 7) is 7.18. The number of hydrogen-bond acceptors (Lipinski definition) is 0. The van der Waals surface area contributed by atoms with Crippen molar-refractivity contribution in [3.05, 3.63) is 12.7 Å². The SMILES string of the molecule is [CH]=CCC(F)CCCCC. The number of halogens is 1. The van der Waals surface area contributed by atoms with Crippen LogP contribution in [-0.2, 0) is 0 Å². The highest BCUT2D eigenvalue weighted by Gasteiger charge is 2.01. The third kappa shape index (κ3) is 5.80. The lowest BCUT2D eigenvalue weighted by molar-refractivity contribution is 0.308. The molecular formula is C9H16F. The molecule has 0 nitrogen and oxygen atoms in total. The third-order valence-electron chi connectivity index (χ3n) is 1.51. The third-order valence-corrected chi connectivity index (χ3v) is 1.51. The molecular weight excluding hydrogens is 127 g/mol. The van der Waals surface area contributed by atoms with Gasteiger partial charge in [0, 0.05) is 0 Å². The molecule has 59 valence electrons. The van der Waals surface area contributed by atoms with Crippen LogP contribution in [0.15, 0.2) is 6.08 Å². The minimum Gasteiger partial charge on any atom is -0.247 e. The van der Waals surface area contributed by atoms with Crippen LogP contribution in [0, 0.1) is 6.58 Å². The molecule has 0 spiro atoms. The Balaban J connectivity index is 3.04. The molecule has 1 unspecified atom stereocenters. The molecule has 0 bridgehead atoms.